The van der Waals surface area contributed by atoms with E-state index >= 15 is 0 Å². The molecule has 0 heterocycles. The zero-order valence-corrected chi connectivity index (χ0v) is 18.9. The molecule has 0 amide bonds. The van der Waals surface area contributed by atoms with E-state index in [1.807, 2.05) is 4.18 Å². The third kappa shape index (κ3) is 5.74. The highest BCUT2D eigenvalue weighted by molar-refractivity contribution is 7.72. The molecule has 0 fully saturated rings. The van der Waals surface area contributed by atoms with E-state index in [-0.39, 0.29) is 13.3 Å². The van der Waals surface area contributed by atoms with Crippen molar-refractivity contribution < 1.29 is 0 Å². The molecule has 0 aliphatic rings. The van der Waals surface area contributed by atoms with Gasteiger partial charge in [-0.25, -0.2) is 0 Å². The van der Waals surface area contributed by atoms with E-state index < -0.39 is 14.1 Å². The number of hydrogen-bond donors (Lipinski definition) is 0. The van der Waals surface area contributed by atoms with Crippen molar-refractivity contribution in [2.45, 2.75) is 72.9 Å². The second-order valence-corrected chi connectivity index (χ2v) is 14.5. The quantitative estimate of drug-likeness (QED) is 0.395. The molecule has 1 unspecified atom stereocenters. The zero-order chi connectivity index (χ0) is 17.8. The molecular weight excluding hydrogens is 310 g/mol. The Morgan fingerprint density at radius 3 is 1.83 bits per heavy atom. The zero-order valence-electron chi connectivity index (χ0n) is 16.9. The van der Waals surface area contributed by atoms with Crippen LogP contribution in [0.1, 0.15) is 58.2 Å². The van der Waals surface area contributed by atoms with Gasteiger partial charge in [0.05, 0.1) is 0 Å². The summed E-state index contributed by atoms with van der Waals surface area (Å²) in [6.07, 6.45) is 3.94. The monoisotopic (exact) mass is 346 g/mol. The van der Waals surface area contributed by atoms with Gasteiger partial charge in [0.2, 0.25) is 0 Å². The van der Waals surface area contributed by atoms with E-state index in [0.29, 0.717) is 0 Å². The van der Waals surface area contributed by atoms with Crippen molar-refractivity contribution >= 4 is 27.4 Å². The lowest BCUT2D eigenvalue weighted by atomic mass is 9.98. The number of benzene rings is 1. The number of allylic oxidation sites excluding steroid dienone is 1. The smallest absolute Gasteiger partial charge is 0.108 e. The summed E-state index contributed by atoms with van der Waals surface area (Å²) in [6, 6.07) is 4.77. The molecular formula is C21H36AlP. The van der Waals surface area contributed by atoms with E-state index in [2.05, 4.69) is 80.5 Å². The second-order valence-electron chi connectivity index (χ2n) is 7.94. The van der Waals surface area contributed by atoms with Crippen LogP contribution in [0.2, 0.25) is 10.6 Å². The Morgan fingerprint density at radius 2 is 1.48 bits per heavy atom. The fourth-order valence-corrected chi connectivity index (χ4v) is 12.0. The summed E-state index contributed by atoms with van der Waals surface area (Å²) < 4.78 is 1.87. The third-order valence-electron chi connectivity index (χ3n) is 4.52. The molecule has 23 heavy (non-hydrogen) atoms. The number of rotatable bonds is 6. The van der Waals surface area contributed by atoms with Crippen molar-refractivity contribution in [2.75, 3.05) is 6.16 Å². The van der Waals surface area contributed by atoms with Crippen LogP contribution in [0.5, 0.6) is 0 Å². The van der Waals surface area contributed by atoms with Gasteiger partial charge in [-0.05, 0) is 48.8 Å². The minimum Gasteiger partial charge on any atom is -0.108 e. The van der Waals surface area contributed by atoms with E-state index in [4.69, 9.17) is 0 Å². The van der Waals surface area contributed by atoms with Crippen molar-refractivity contribution in [3.63, 3.8) is 0 Å². The maximum absolute atomic E-state index is 2.66. The van der Waals surface area contributed by atoms with Crippen LogP contribution in [0.3, 0.4) is 0 Å². The summed E-state index contributed by atoms with van der Waals surface area (Å²) in [6.45, 7) is 21.2. The van der Waals surface area contributed by atoms with Gasteiger partial charge in [-0.15, -0.1) is 4.18 Å². The second kappa shape index (κ2) is 8.85. The lowest BCUT2D eigenvalue weighted by molar-refractivity contribution is 0.544. The van der Waals surface area contributed by atoms with Crippen LogP contribution >= 0.6 is 7.92 Å². The molecule has 2 heteroatoms. The van der Waals surface area contributed by atoms with Crippen molar-refractivity contribution in [1.29, 1.82) is 0 Å². The van der Waals surface area contributed by atoms with Crippen molar-refractivity contribution in [3.05, 3.63) is 39.1 Å². The molecule has 1 rings (SSSR count). The Labute approximate surface area is 150 Å². The molecule has 0 spiro atoms. The van der Waals surface area contributed by atoms with Gasteiger partial charge in [0.15, 0.2) is 0 Å². The molecule has 0 aliphatic heterocycles. The largest absolute Gasteiger partial charge is 0.306 e. The maximum atomic E-state index is 2.66. The minimum atomic E-state index is -0.816. The first-order valence-electron chi connectivity index (χ1n) is 9.22. The number of hydrogen-bond acceptors (Lipinski definition) is 0. The molecule has 1 aromatic carbocycles. The predicted octanol–water partition coefficient (Wildman–Crippen LogP) is 6.74. The van der Waals surface area contributed by atoms with Gasteiger partial charge in [-0.1, -0.05) is 83.8 Å². The van der Waals surface area contributed by atoms with Crippen LogP contribution in [0, 0.1) is 26.2 Å². The van der Waals surface area contributed by atoms with Crippen LogP contribution in [-0.2, 0) is 0 Å². The summed E-state index contributed by atoms with van der Waals surface area (Å²) in [4.78, 5) is 0. The van der Waals surface area contributed by atoms with Crippen LogP contribution in [0.15, 0.2) is 22.4 Å². The van der Waals surface area contributed by atoms with Crippen molar-refractivity contribution in [3.8, 4) is 0 Å². The Hall–Kier alpha value is -0.0775. The van der Waals surface area contributed by atoms with Crippen LogP contribution in [0.25, 0.3) is 0 Å². The highest BCUT2D eigenvalue weighted by Crippen LogP contribution is 2.49. The fraction of sp³-hybridized carbons (Fsp3) is 0.619. The first-order valence-corrected chi connectivity index (χ1v) is 13.0. The SMILES string of the molecule is C[CH2][Al]([CH2]C)/[C](=C\C(C)(C)C)P(CC)c1c(C)cc(C)cc1C. The standard InChI is InChI=1S/C17H26P.2C2H5.Al/c1-8-18(10-9-17(5,6)7)16-14(3)11-13(2)12-15(16)4;2*1-2;/h9,11-12H,8H2,1-7H3;2*1H2,2H3;. The molecule has 128 valence electrons. The number of aryl methyl sites for hydroxylation is 3. The Balaban J connectivity index is 3.51. The van der Waals surface area contributed by atoms with Gasteiger partial charge in [0.1, 0.15) is 0 Å². The van der Waals surface area contributed by atoms with E-state index in [1.165, 1.54) is 33.4 Å². The molecule has 0 bridgehead atoms. The highest BCUT2D eigenvalue weighted by atomic mass is 31.1. The average molecular weight is 346 g/mol. The molecule has 1 atom stereocenters. The molecule has 0 N–H and O–H groups in total. The topological polar surface area (TPSA) is 0 Å². The van der Waals surface area contributed by atoms with Crippen LogP contribution < -0.4 is 5.30 Å². The summed E-state index contributed by atoms with van der Waals surface area (Å²) >= 11 is -0.816. The Kier molecular flexibility index (Phi) is 8.07. The van der Waals surface area contributed by atoms with E-state index in [1.54, 1.807) is 5.30 Å². The summed E-state index contributed by atoms with van der Waals surface area (Å²) in [5.74, 6) is 0. The van der Waals surface area contributed by atoms with Gasteiger partial charge >= 0.3 is 14.1 Å². The van der Waals surface area contributed by atoms with Gasteiger partial charge in [0, 0.05) is 0 Å². The summed E-state index contributed by atoms with van der Waals surface area (Å²) in [7, 11) is -0.164. The lowest BCUT2D eigenvalue weighted by Crippen LogP contribution is -2.22. The summed E-state index contributed by atoms with van der Waals surface area (Å²) in [5.41, 5.74) is 4.70. The maximum Gasteiger partial charge on any atom is 0.306 e. The Bertz CT molecular complexity index is 524. The molecule has 0 saturated heterocycles. The van der Waals surface area contributed by atoms with E-state index in [9.17, 15) is 0 Å². The van der Waals surface area contributed by atoms with Crippen LogP contribution in [-0.4, -0.2) is 20.3 Å². The lowest BCUT2D eigenvalue weighted by Gasteiger charge is -2.30. The molecule has 0 aliphatic carbocycles. The molecule has 1 aromatic rings. The van der Waals surface area contributed by atoms with Gasteiger partial charge in [-0.2, -0.15) is 0 Å². The third-order valence-corrected chi connectivity index (χ3v) is 12.2. The molecule has 0 nitrogen and oxygen atoms in total. The fourth-order valence-electron chi connectivity index (χ4n) is 3.63. The van der Waals surface area contributed by atoms with Crippen molar-refractivity contribution in [2.24, 2.45) is 5.41 Å². The Morgan fingerprint density at radius 1 is 1.00 bits per heavy atom. The predicted molar refractivity (Wildman–Crippen MR) is 112 cm³/mol. The van der Waals surface area contributed by atoms with E-state index in [0.717, 1.165) is 0 Å². The molecule has 0 radical (unpaired) electrons. The van der Waals surface area contributed by atoms with Crippen molar-refractivity contribution in [1.82, 2.24) is 0 Å². The summed E-state index contributed by atoms with van der Waals surface area (Å²) in [5, 5.41) is 4.45. The van der Waals surface area contributed by atoms with Gasteiger partial charge in [-0.3, -0.25) is 0 Å². The molecule has 0 aromatic heterocycles. The van der Waals surface area contributed by atoms with Gasteiger partial charge < -0.3 is 0 Å². The first-order chi connectivity index (χ1) is 10.6. The highest BCUT2D eigenvalue weighted by Gasteiger charge is 2.28. The normalized spacial score (nSPS) is 14.0. The average Bonchev–Trinajstić information content (AvgIpc) is 2.41. The molecule has 0 saturated carbocycles. The van der Waals surface area contributed by atoms with Crippen LogP contribution in [0.4, 0.5) is 0 Å². The minimum absolute atomic E-state index is 0.164. The van der Waals surface area contributed by atoms with Gasteiger partial charge in [0.25, 0.3) is 0 Å². The first kappa shape index (κ1) is 21.0.